The van der Waals surface area contributed by atoms with Crippen LogP contribution in [0.2, 0.25) is 0 Å². The molecule has 1 aromatic rings. The van der Waals surface area contributed by atoms with Crippen LogP contribution in [-0.4, -0.2) is 79.6 Å². The van der Waals surface area contributed by atoms with Crippen molar-refractivity contribution in [2.24, 2.45) is 29.1 Å². The number of fused-ring (bicyclic) bond motifs is 1. The monoisotopic (exact) mass is 753 g/mol. The third-order valence-corrected chi connectivity index (χ3v) is 12.7. The molecule has 13 heteroatoms. The Bertz CT molecular complexity index is 1730. The number of nitrogens with two attached hydrogens (primary N) is 1. The van der Waals surface area contributed by atoms with Crippen LogP contribution >= 0.6 is 0 Å². The first-order chi connectivity index (χ1) is 25.6. The second-order valence-corrected chi connectivity index (χ2v) is 16.5. The van der Waals surface area contributed by atoms with Crippen molar-refractivity contribution in [2.75, 3.05) is 12.3 Å². The maximum Gasteiger partial charge on any atom is 0.351 e. The van der Waals surface area contributed by atoms with Crippen LogP contribution in [0.3, 0.4) is 0 Å². The molecule has 12 nitrogen and oxygen atoms in total. The fraction of sp³-hybridized carbons (Fsp3) is 0.659. The van der Waals surface area contributed by atoms with Crippen molar-refractivity contribution in [1.82, 2.24) is 9.55 Å². The van der Waals surface area contributed by atoms with E-state index >= 15 is 4.39 Å². The molecule has 296 valence electrons. The van der Waals surface area contributed by atoms with Gasteiger partial charge in [-0.05, 0) is 98.2 Å². The molecular formula is C41H56FN3O9. The van der Waals surface area contributed by atoms with Gasteiger partial charge in [-0.1, -0.05) is 50.3 Å². The Hall–Kier alpha value is -3.65. The Morgan fingerprint density at radius 3 is 2.63 bits per heavy atom. The molecule has 5 N–H and O–H groups in total. The highest BCUT2D eigenvalue weighted by molar-refractivity contribution is 5.77. The van der Waals surface area contributed by atoms with E-state index in [0.29, 0.717) is 35.7 Å². The predicted molar refractivity (Wildman–Crippen MR) is 198 cm³/mol. The first kappa shape index (κ1) is 40.0. The molecule has 4 aliphatic carbocycles. The molecule has 1 saturated heterocycles. The molecule has 54 heavy (non-hydrogen) atoms. The minimum Gasteiger partial charge on any atom is -0.463 e. The molecule has 0 amide bonds. The van der Waals surface area contributed by atoms with Gasteiger partial charge in [0.05, 0.1) is 25.0 Å². The van der Waals surface area contributed by atoms with E-state index in [9.17, 15) is 29.7 Å². The first-order valence-electron chi connectivity index (χ1n) is 19.4. The minimum absolute atomic E-state index is 0.0558. The molecule has 11 atom stereocenters. The quantitative estimate of drug-likeness (QED) is 0.170. The fourth-order valence-corrected chi connectivity index (χ4v) is 9.35. The van der Waals surface area contributed by atoms with E-state index in [0.717, 1.165) is 55.6 Å². The molecule has 2 heterocycles. The average molecular weight is 754 g/mol. The highest BCUT2D eigenvalue weighted by Crippen LogP contribution is 2.59. The lowest BCUT2D eigenvalue weighted by atomic mass is 9.61. The average Bonchev–Trinajstić information content (AvgIpc) is 3.87. The van der Waals surface area contributed by atoms with E-state index in [-0.39, 0.29) is 36.6 Å². The number of nitrogen functional groups attached to an aromatic ring is 1. The van der Waals surface area contributed by atoms with Crippen LogP contribution in [0, 0.1) is 29.1 Å². The van der Waals surface area contributed by atoms with Gasteiger partial charge in [0, 0.05) is 19.0 Å². The zero-order valence-corrected chi connectivity index (χ0v) is 31.6. The van der Waals surface area contributed by atoms with Gasteiger partial charge >= 0.3 is 17.6 Å². The summed E-state index contributed by atoms with van der Waals surface area (Å²) in [6, 6.07) is 1.29. The summed E-state index contributed by atoms with van der Waals surface area (Å²) in [5.74, 6) is 0.354. The second-order valence-electron chi connectivity index (χ2n) is 16.5. The summed E-state index contributed by atoms with van der Waals surface area (Å²) in [5.41, 5.74) is 5.26. The van der Waals surface area contributed by atoms with Crippen molar-refractivity contribution < 1.29 is 43.5 Å². The summed E-state index contributed by atoms with van der Waals surface area (Å²) in [6.07, 6.45) is 11.1. The number of carbonyl (C=O) groups is 2. The molecule has 5 fully saturated rings. The third-order valence-electron chi connectivity index (χ3n) is 12.7. The summed E-state index contributed by atoms with van der Waals surface area (Å²) >= 11 is 0. The maximum absolute atomic E-state index is 15.4. The van der Waals surface area contributed by atoms with Crippen molar-refractivity contribution in [3.05, 3.63) is 70.3 Å². The van der Waals surface area contributed by atoms with Gasteiger partial charge in [0.2, 0.25) is 0 Å². The van der Waals surface area contributed by atoms with Crippen LogP contribution in [0.25, 0.3) is 0 Å². The number of aromatic nitrogens is 2. The van der Waals surface area contributed by atoms with Gasteiger partial charge in [0.25, 0.3) is 0 Å². The lowest BCUT2D eigenvalue weighted by Crippen LogP contribution is -2.43. The summed E-state index contributed by atoms with van der Waals surface area (Å²) < 4.78 is 32.7. The van der Waals surface area contributed by atoms with Crippen molar-refractivity contribution >= 4 is 17.8 Å². The van der Waals surface area contributed by atoms with Crippen LogP contribution in [0.5, 0.6) is 0 Å². The number of anilines is 1. The highest BCUT2D eigenvalue weighted by atomic mass is 19.1. The van der Waals surface area contributed by atoms with Gasteiger partial charge in [-0.3, -0.25) is 14.2 Å². The van der Waals surface area contributed by atoms with Crippen LogP contribution in [0.4, 0.5) is 10.2 Å². The van der Waals surface area contributed by atoms with E-state index < -0.39 is 60.5 Å². The number of esters is 2. The number of halogens is 1. The van der Waals surface area contributed by atoms with E-state index in [1.54, 1.807) is 0 Å². The number of aliphatic hydroxyl groups is 3. The zero-order valence-electron chi connectivity index (χ0n) is 31.6. The molecule has 0 radical (unpaired) electrons. The Morgan fingerprint density at radius 1 is 1.17 bits per heavy atom. The lowest BCUT2D eigenvalue weighted by Gasteiger charge is -2.44. The molecule has 7 unspecified atom stereocenters. The molecule has 0 spiro atoms. The van der Waals surface area contributed by atoms with Gasteiger partial charge < -0.3 is 35.3 Å². The van der Waals surface area contributed by atoms with Gasteiger partial charge in [-0.15, -0.1) is 0 Å². The van der Waals surface area contributed by atoms with Crippen LogP contribution in [-0.2, 0) is 23.8 Å². The molecule has 1 aliphatic heterocycles. The smallest absolute Gasteiger partial charge is 0.351 e. The summed E-state index contributed by atoms with van der Waals surface area (Å²) in [7, 11) is 0. The Kier molecular flexibility index (Phi) is 12.0. The van der Waals surface area contributed by atoms with E-state index in [2.05, 4.69) is 37.6 Å². The van der Waals surface area contributed by atoms with Gasteiger partial charge in [0.15, 0.2) is 11.9 Å². The largest absolute Gasteiger partial charge is 0.463 e. The zero-order chi connectivity index (χ0) is 38.9. The van der Waals surface area contributed by atoms with Crippen LogP contribution in [0.1, 0.15) is 97.6 Å². The summed E-state index contributed by atoms with van der Waals surface area (Å²) in [4.78, 5) is 41.1. The van der Waals surface area contributed by atoms with Crippen molar-refractivity contribution in [1.29, 1.82) is 0 Å². The van der Waals surface area contributed by atoms with Crippen molar-refractivity contribution in [2.45, 2.75) is 134 Å². The molecule has 6 rings (SSSR count). The Morgan fingerprint density at radius 2 is 1.91 bits per heavy atom. The van der Waals surface area contributed by atoms with E-state index in [4.69, 9.17) is 19.9 Å². The predicted octanol–water partition coefficient (Wildman–Crippen LogP) is 4.79. The van der Waals surface area contributed by atoms with Gasteiger partial charge in [-0.2, -0.15) is 4.98 Å². The van der Waals surface area contributed by atoms with E-state index in [1.165, 1.54) is 24.3 Å². The van der Waals surface area contributed by atoms with E-state index in [1.807, 2.05) is 12.2 Å². The molecule has 1 aromatic heterocycles. The highest BCUT2D eigenvalue weighted by Gasteiger charge is 2.56. The first-order valence-corrected chi connectivity index (χ1v) is 19.4. The second kappa shape index (κ2) is 16.2. The molecule has 4 saturated carbocycles. The lowest BCUT2D eigenvalue weighted by molar-refractivity contribution is -0.157. The van der Waals surface area contributed by atoms with Crippen molar-refractivity contribution in [3.63, 3.8) is 0 Å². The van der Waals surface area contributed by atoms with Crippen LogP contribution in [0.15, 0.2) is 64.7 Å². The minimum atomic E-state index is -2.41. The standard InChI is InChI=1S/C41H56FN3O9/c1-23(7-14-31(46)26-9-10-26)29-12-13-30-25(6-5-18-40(29,30)3)8-11-27-20-28(21-32(47)24(27)2)53-36(49)16-15-35(48)52-22-33-37(50)41(4,42)38(54-33)45-19-17-34(43)44-39(45)51/h7-8,11,14,17,19,23,26,28-33,37-38,46-47,50H,2,5-6,9-10,12-13,15-16,18,20-22H2,1,3-4H3,(H2,43,44,51)/b14-7+,25-8+,27-11-/t23-,28+,29?,30?,31?,32-,33?,37?,38?,40+,41?/m0/s1. The molecule has 5 aliphatic rings. The SMILES string of the molecule is C=C1/C(=C\C=C2/CCC[C@@]3(C)C2CCC3[C@@H](C)/C=C/C(O)C2CC2)C[C@@H](OC(=O)CCC(=O)OCC2OC(n3ccc(N)nc3=O)C(C)(F)C2O)C[C@@H]1O. The normalized spacial score (nSPS) is 36.7. The van der Waals surface area contributed by atoms with Gasteiger partial charge in [0.1, 0.15) is 30.7 Å². The Balaban J connectivity index is 0.993. The number of carbonyl (C=O) groups excluding carboxylic acids is 2. The number of rotatable bonds is 12. The molecule has 0 aromatic carbocycles. The van der Waals surface area contributed by atoms with Crippen LogP contribution < -0.4 is 11.4 Å². The number of nitrogens with zero attached hydrogens (tertiary/aromatic N) is 2. The fourth-order valence-electron chi connectivity index (χ4n) is 9.35. The number of ether oxygens (including phenoxy) is 3. The van der Waals surface area contributed by atoms with Gasteiger partial charge in [-0.25, -0.2) is 9.18 Å². The number of hydrogen-bond donors (Lipinski definition) is 4. The maximum atomic E-state index is 15.4. The number of aliphatic hydroxyl groups excluding tert-OH is 3. The number of alkyl halides is 1. The van der Waals surface area contributed by atoms with Crippen molar-refractivity contribution in [3.8, 4) is 0 Å². The molecular weight excluding hydrogens is 697 g/mol. The number of hydrogen-bond acceptors (Lipinski definition) is 11. The topological polar surface area (TPSA) is 183 Å². The third kappa shape index (κ3) is 8.59. The Labute approximate surface area is 316 Å². The summed E-state index contributed by atoms with van der Waals surface area (Å²) in [6.45, 7) is 9.39. The molecule has 0 bridgehead atoms. The number of allylic oxidation sites excluding steroid dienone is 4. The summed E-state index contributed by atoms with van der Waals surface area (Å²) in [5, 5.41) is 31.7.